The predicted octanol–water partition coefficient (Wildman–Crippen LogP) is 2.42. The highest BCUT2D eigenvalue weighted by Gasteiger charge is 2.34. The zero-order chi connectivity index (χ0) is 12.7. The van der Waals surface area contributed by atoms with Crippen LogP contribution in [0.5, 0.6) is 0 Å². The molecular formula is C16H19N3. The van der Waals surface area contributed by atoms with Gasteiger partial charge in [0.2, 0.25) is 0 Å². The van der Waals surface area contributed by atoms with Crippen molar-refractivity contribution in [2.45, 2.75) is 18.9 Å². The van der Waals surface area contributed by atoms with E-state index in [1.807, 2.05) is 0 Å². The maximum absolute atomic E-state index is 4.81. The summed E-state index contributed by atoms with van der Waals surface area (Å²) in [4.78, 5) is 7.26. The van der Waals surface area contributed by atoms with Crippen molar-refractivity contribution in [3.63, 3.8) is 0 Å². The highest BCUT2D eigenvalue weighted by Crippen LogP contribution is 2.28. The Balaban J connectivity index is 1.64. The van der Waals surface area contributed by atoms with Crippen molar-refractivity contribution in [1.82, 2.24) is 10.3 Å². The molecule has 2 aliphatic rings. The van der Waals surface area contributed by atoms with Gasteiger partial charge in [-0.3, -0.25) is 0 Å². The van der Waals surface area contributed by atoms with Crippen molar-refractivity contribution in [3.05, 3.63) is 36.4 Å². The number of aromatic nitrogens is 1. The minimum absolute atomic E-state index is 0.669. The smallest absolute Gasteiger partial charge is 0.129 e. The number of hydrogen-bond acceptors (Lipinski definition) is 3. The van der Waals surface area contributed by atoms with Gasteiger partial charge in [-0.05, 0) is 43.5 Å². The van der Waals surface area contributed by atoms with E-state index in [-0.39, 0.29) is 0 Å². The number of pyridine rings is 1. The summed E-state index contributed by atoms with van der Waals surface area (Å²) < 4.78 is 0. The van der Waals surface area contributed by atoms with E-state index in [9.17, 15) is 0 Å². The second kappa shape index (κ2) is 4.49. The first kappa shape index (κ1) is 11.2. The van der Waals surface area contributed by atoms with E-state index in [4.69, 9.17) is 4.98 Å². The number of para-hydroxylation sites is 1. The molecule has 4 rings (SSSR count). The van der Waals surface area contributed by atoms with Gasteiger partial charge in [-0.1, -0.05) is 18.2 Å². The van der Waals surface area contributed by atoms with Gasteiger partial charge in [-0.25, -0.2) is 4.98 Å². The Labute approximate surface area is 113 Å². The molecule has 0 spiro atoms. The second-order valence-corrected chi connectivity index (χ2v) is 5.73. The molecule has 0 aliphatic carbocycles. The van der Waals surface area contributed by atoms with Crippen LogP contribution in [0.15, 0.2) is 36.4 Å². The van der Waals surface area contributed by atoms with Crippen LogP contribution < -0.4 is 10.2 Å². The minimum Gasteiger partial charge on any atom is -0.355 e. The van der Waals surface area contributed by atoms with Crippen molar-refractivity contribution in [2.24, 2.45) is 5.92 Å². The molecule has 0 saturated carbocycles. The fourth-order valence-electron chi connectivity index (χ4n) is 3.47. The highest BCUT2D eigenvalue weighted by atomic mass is 15.2. The van der Waals surface area contributed by atoms with Crippen LogP contribution in [0.25, 0.3) is 10.9 Å². The van der Waals surface area contributed by atoms with Gasteiger partial charge in [-0.15, -0.1) is 0 Å². The van der Waals surface area contributed by atoms with Crippen molar-refractivity contribution in [1.29, 1.82) is 0 Å². The summed E-state index contributed by atoms with van der Waals surface area (Å²) in [5.74, 6) is 1.94. The van der Waals surface area contributed by atoms with Crippen LogP contribution >= 0.6 is 0 Å². The Kier molecular flexibility index (Phi) is 2.66. The number of nitrogens with zero attached hydrogens (tertiary/aromatic N) is 2. The van der Waals surface area contributed by atoms with E-state index in [2.05, 4.69) is 46.6 Å². The summed E-state index contributed by atoms with van der Waals surface area (Å²) in [7, 11) is 0. The van der Waals surface area contributed by atoms with Gasteiger partial charge >= 0.3 is 0 Å². The first-order valence-electron chi connectivity index (χ1n) is 7.24. The number of fused-ring (bicyclic) bond motifs is 2. The maximum atomic E-state index is 4.81. The fraction of sp³-hybridized carbons (Fsp3) is 0.438. The van der Waals surface area contributed by atoms with Crippen LogP contribution in [0.1, 0.15) is 12.8 Å². The quantitative estimate of drug-likeness (QED) is 0.846. The van der Waals surface area contributed by atoms with Crippen LogP contribution in [-0.4, -0.2) is 30.7 Å². The van der Waals surface area contributed by atoms with Gasteiger partial charge in [-0.2, -0.15) is 0 Å². The number of piperidine rings is 1. The average Bonchev–Trinajstić information content (AvgIpc) is 2.90. The van der Waals surface area contributed by atoms with Crippen molar-refractivity contribution in [3.8, 4) is 0 Å². The summed E-state index contributed by atoms with van der Waals surface area (Å²) in [5, 5.41) is 4.87. The molecule has 3 nitrogen and oxygen atoms in total. The zero-order valence-electron chi connectivity index (χ0n) is 11.0. The molecule has 3 heteroatoms. The molecule has 98 valence electrons. The average molecular weight is 253 g/mol. The molecule has 3 heterocycles. The molecule has 1 aromatic carbocycles. The number of nitrogens with one attached hydrogen (secondary N) is 1. The van der Waals surface area contributed by atoms with Gasteiger partial charge < -0.3 is 10.2 Å². The second-order valence-electron chi connectivity index (χ2n) is 5.73. The SMILES string of the molecule is c1ccc2nc(N3CC4CCCNC4C3)ccc2c1. The van der Waals surface area contributed by atoms with Gasteiger partial charge in [0.05, 0.1) is 5.52 Å². The third kappa shape index (κ3) is 1.98. The molecule has 2 saturated heterocycles. The van der Waals surface area contributed by atoms with Crippen LogP contribution in [0.2, 0.25) is 0 Å². The summed E-state index contributed by atoms with van der Waals surface area (Å²) >= 11 is 0. The van der Waals surface area contributed by atoms with E-state index >= 15 is 0 Å². The van der Waals surface area contributed by atoms with Crippen LogP contribution in [0, 0.1) is 5.92 Å². The van der Waals surface area contributed by atoms with E-state index < -0.39 is 0 Å². The molecule has 2 fully saturated rings. The number of hydrogen-bond donors (Lipinski definition) is 1. The molecule has 0 amide bonds. The van der Waals surface area contributed by atoms with E-state index in [0.717, 1.165) is 30.3 Å². The lowest BCUT2D eigenvalue weighted by molar-refractivity contribution is 0.340. The van der Waals surface area contributed by atoms with Crippen LogP contribution in [0.4, 0.5) is 5.82 Å². The zero-order valence-corrected chi connectivity index (χ0v) is 11.0. The standard InChI is InChI=1S/C16H19N3/c1-2-6-14-12(4-1)7-8-16(18-14)19-10-13-5-3-9-17-15(13)11-19/h1-2,4,6-8,13,15,17H,3,5,9-11H2. The summed E-state index contributed by atoms with van der Waals surface area (Å²) in [6, 6.07) is 13.4. The van der Waals surface area contributed by atoms with Crippen molar-refractivity contribution in [2.75, 3.05) is 24.5 Å². The predicted molar refractivity (Wildman–Crippen MR) is 78.5 cm³/mol. The number of anilines is 1. The van der Waals surface area contributed by atoms with Crippen LogP contribution in [-0.2, 0) is 0 Å². The molecule has 0 radical (unpaired) electrons. The number of benzene rings is 1. The Morgan fingerprint density at radius 1 is 1.11 bits per heavy atom. The van der Waals surface area contributed by atoms with Gasteiger partial charge in [0.25, 0.3) is 0 Å². The summed E-state index contributed by atoms with van der Waals surface area (Å²) in [5.41, 5.74) is 1.10. The normalized spacial score (nSPS) is 26.6. The Morgan fingerprint density at radius 2 is 2.05 bits per heavy atom. The van der Waals surface area contributed by atoms with E-state index in [1.54, 1.807) is 0 Å². The largest absolute Gasteiger partial charge is 0.355 e. The monoisotopic (exact) mass is 253 g/mol. The van der Waals surface area contributed by atoms with Gasteiger partial charge in [0.1, 0.15) is 5.82 Å². The van der Waals surface area contributed by atoms with Gasteiger partial charge in [0.15, 0.2) is 0 Å². The van der Waals surface area contributed by atoms with E-state index in [1.165, 1.54) is 24.8 Å². The van der Waals surface area contributed by atoms with Gasteiger partial charge in [0, 0.05) is 24.5 Å². The fourth-order valence-corrected chi connectivity index (χ4v) is 3.47. The Bertz CT molecular complexity index is 581. The van der Waals surface area contributed by atoms with E-state index in [0.29, 0.717) is 6.04 Å². The Hall–Kier alpha value is -1.61. The molecule has 19 heavy (non-hydrogen) atoms. The van der Waals surface area contributed by atoms with Crippen LogP contribution in [0.3, 0.4) is 0 Å². The van der Waals surface area contributed by atoms with Crippen molar-refractivity contribution >= 4 is 16.7 Å². The molecule has 0 bridgehead atoms. The first-order chi connectivity index (χ1) is 9.40. The number of rotatable bonds is 1. The lowest BCUT2D eigenvalue weighted by Crippen LogP contribution is -2.40. The molecule has 1 aromatic heterocycles. The topological polar surface area (TPSA) is 28.2 Å². The first-order valence-corrected chi connectivity index (χ1v) is 7.24. The minimum atomic E-state index is 0.669. The third-order valence-corrected chi connectivity index (χ3v) is 4.51. The van der Waals surface area contributed by atoms with Crippen molar-refractivity contribution < 1.29 is 0 Å². The molecule has 2 atom stereocenters. The molecule has 2 aliphatic heterocycles. The molecule has 2 aromatic rings. The molecule has 2 unspecified atom stereocenters. The maximum Gasteiger partial charge on any atom is 0.129 e. The molecule has 1 N–H and O–H groups in total. The Morgan fingerprint density at radius 3 is 3.00 bits per heavy atom. The lowest BCUT2D eigenvalue weighted by atomic mass is 9.94. The highest BCUT2D eigenvalue weighted by molar-refractivity contribution is 5.80. The third-order valence-electron chi connectivity index (χ3n) is 4.51. The summed E-state index contributed by atoms with van der Waals surface area (Å²) in [6.07, 6.45) is 2.68. The summed E-state index contributed by atoms with van der Waals surface area (Å²) in [6.45, 7) is 3.44. The lowest BCUT2D eigenvalue weighted by Gasteiger charge is -2.24. The molecular weight excluding hydrogens is 234 g/mol.